The van der Waals surface area contributed by atoms with Crippen LogP contribution in [0.25, 0.3) is 0 Å². The first kappa shape index (κ1) is 20.7. The Morgan fingerprint density at radius 1 is 1.07 bits per heavy atom. The molecule has 150 valence electrons. The van der Waals surface area contributed by atoms with Crippen molar-refractivity contribution in [3.63, 3.8) is 0 Å². The van der Waals surface area contributed by atoms with Gasteiger partial charge in [-0.2, -0.15) is 0 Å². The first-order valence-corrected chi connectivity index (χ1v) is 10.4. The number of likely N-dealkylation sites (tertiary alicyclic amines) is 1. The minimum Gasteiger partial charge on any atom is -0.497 e. The van der Waals surface area contributed by atoms with Crippen LogP contribution in [0.3, 0.4) is 0 Å². The van der Waals surface area contributed by atoms with E-state index < -0.39 is 6.10 Å². The van der Waals surface area contributed by atoms with Crippen molar-refractivity contribution in [1.82, 2.24) is 10.2 Å². The van der Waals surface area contributed by atoms with Gasteiger partial charge < -0.3 is 14.8 Å². The summed E-state index contributed by atoms with van der Waals surface area (Å²) in [4.78, 5) is 15.0. The number of halogens is 1. The summed E-state index contributed by atoms with van der Waals surface area (Å²) in [5.41, 5.74) is 1.18. The van der Waals surface area contributed by atoms with E-state index in [1.54, 1.807) is 14.0 Å². The van der Waals surface area contributed by atoms with Gasteiger partial charge in [0.05, 0.1) is 13.2 Å². The summed E-state index contributed by atoms with van der Waals surface area (Å²) in [7, 11) is 1.67. The molecule has 0 saturated carbocycles. The van der Waals surface area contributed by atoms with Crippen LogP contribution in [-0.4, -0.2) is 43.7 Å². The van der Waals surface area contributed by atoms with Gasteiger partial charge in [0.15, 0.2) is 6.10 Å². The van der Waals surface area contributed by atoms with Crippen LogP contribution in [-0.2, 0) is 4.79 Å². The van der Waals surface area contributed by atoms with Crippen molar-refractivity contribution in [2.24, 2.45) is 0 Å². The van der Waals surface area contributed by atoms with Crippen molar-refractivity contribution in [2.45, 2.75) is 31.9 Å². The van der Waals surface area contributed by atoms with E-state index in [1.165, 1.54) is 18.4 Å². The number of amides is 1. The number of methoxy groups -OCH3 is 1. The molecule has 1 N–H and O–H groups in total. The van der Waals surface area contributed by atoms with Crippen LogP contribution in [0.1, 0.15) is 31.4 Å². The molecule has 2 atom stereocenters. The lowest BCUT2D eigenvalue weighted by Gasteiger charge is -2.29. The predicted octanol–water partition coefficient (Wildman–Crippen LogP) is 4.18. The van der Waals surface area contributed by atoms with Gasteiger partial charge in [0.1, 0.15) is 11.5 Å². The second kappa shape index (κ2) is 9.94. The summed E-state index contributed by atoms with van der Waals surface area (Å²) in [6, 6.07) is 15.7. The van der Waals surface area contributed by atoms with Gasteiger partial charge in [-0.05, 0) is 74.8 Å². The van der Waals surface area contributed by atoms with Gasteiger partial charge in [-0.15, -0.1) is 0 Å². The quantitative estimate of drug-likeness (QED) is 0.660. The second-order valence-corrected chi connectivity index (χ2v) is 7.91. The number of nitrogens with one attached hydrogen (secondary N) is 1. The summed E-state index contributed by atoms with van der Waals surface area (Å²) in [5.74, 6) is 1.40. The summed E-state index contributed by atoms with van der Waals surface area (Å²) >= 11 is 3.40. The zero-order valence-corrected chi connectivity index (χ0v) is 17.9. The molecule has 5 nitrogen and oxygen atoms in total. The predicted molar refractivity (Wildman–Crippen MR) is 114 cm³/mol. The summed E-state index contributed by atoms with van der Waals surface area (Å²) in [5, 5.41) is 3.07. The molecule has 0 spiro atoms. The number of ether oxygens (including phenoxy) is 2. The molecule has 1 aliphatic rings. The van der Waals surface area contributed by atoms with E-state index >= 15 is 0 Å². The van der Waals surface area contributed by atoms with E-state index in [9.17, 15) is 4.79 Å². The fourth-order valence-electron chi connectivity index (χ4n) is 3.45. The van der Waals surface area contributed by atoms with E-state index in [-0.39, 0.29) is 11.9 Å². The van der Waals surface area contributed by atoms with Gasteiger partial charge in [0.25, 0.3) is 5.91 Å². The lowest BCUT2D eigenvalue weighted by atomic mass is 10.1. The van der Waals surface area contributed by atoms with Crippen molar-refractivity contribution in [3.8, 4) is 11.5 Å². The van der Waals surface area contributed by atoms with Gasteiger partial charge >= 0.3 is 0 Å². The zero-order valence-electron chi connectivity index (χ0n) is 16.4. The maximum Gasteiger partial charge on any atom is 0.260 e. The molecule has 0 aromatic heterocycles. The number of nitrogens with zero attached hydrogens (tertiary/aromatic N) is 1. The van der Waals surface area contributed by atoms with Gasteiger partial charge in [-0.3, -0.25) is 9.69 Å². The SMILES string of the molecule is COc1ccc([C@@H](CNC(=O)[C@H](C)Oc2ccc(Br)cc2)N2CCCC2)cc1. The number of rotatable bonds is 8. The standard InChI is InChI=1S/C22H27BrN2O3/c1-16(28-20-11-7-18(23)8-12-20)22(26)24-15-21(25-13-3-4-14-25)17-5-9-19(27-2)10-6-17/h5-12,16,21H,3-4,13-15H2,1-2H3,(H,24,26)/t16-,21+/m0/s1. The van der Waals surface area contributed by atoms with Crippen LogP contribution in [0.2, 0.25) is 0 Å². The van der Waals surface area contributed by atoms with E-state index in [1.807, 2.05) is 36.4 Å². The van der Waals surface area contributed by atoms with Crippen LogP contribution in [0.4, 0.5) is 0 Å². The number of hydrogen-bond donors (Lipinski definition) is 1. The number of benzene rings is 2. The fourth-order valence-corrected chi connectivity index (χ4v) is 3.71. The average molecular weight is 447 g/mol. The maximum absolute atomic E-state index is 12.6. The summed E-state index contributed by atoms with van der Waals surface area (Å²) in [6.07, 6.45) is 1.84. The Morgan fingerprint density at radius 2 is 1.68 bits per heavy atom. The fraction of sp³-hybridized carbons (Fsp3) is 0.409. The summed E-state index contributed by atoms with van der Waals surface area (Å²) in [6.45, 7) is 4.43. The monoisotopic (exact) mass is 446 g/mol. The van der Waals surface area contributed by atoms with Crippen LogP contribution in [0.5, 0.6) is 11.5 Å². The van der Waals surface area contributed by atoms with Crippen LogP contribution >= 0.6 is 15.9 Å². The molecule has 0 aliphatic carbocycles. The smallest absolute Gasteiger partial charge is 0.260 e. The van der Waals surface area contributed by atoms with Crippen molar-refractivity contribution in [2.75, 3.05) is 26.7 Å². The van der Waals surface area contributed by atoms with Gasteiger partial charge in [0.2, 0.25) is 0 Å². The zero-order chi connectivity index (χ0) is 19.9. The first-order chi connectivity index (χ1) is 13.6. The van der Waals surface area contributed by atoms with Crippen molar-refractivity contribution in [1.29, 1.82) is 0 Å². The molecule has 3 rings (SSSR count). The average Bonchev–Trinajstić information content (AvgIpc) is 3.24. The Balaban J connectivity index is 1.61. The van der Waals surface area contributed by atoms with E-state index in [0.29, 0.717) is 12.3 Å². The molecule has 1 aliphatic heterocycles. The molecule has 0 bridgehead atoms. The number of hydrogen-bond acceptors (Lipinski definition) is 4. The van der Waals surface area contributed by atoms with Crippen molar-refractivity contribution >= 4 is 21.8 Å². The Bertz CT molecular complexity index is 758. The van der Waals surface area contributed by atoms with Crippen LogP contribution in [0, 0.1) is 0 Å². The number of carbonyl (C=O) groups is 1. The topological polar surface area (TPSA) is 50.8 Å². The normalized spacial score (nSPS) is 16.4. The minimum atomic E-state index is -0.559. The Morgan fingerprint density at radius 3 is 2.29 bits per heavy atom. The van der Waals surface area contributed by atoms with Crippen LogP contribution < -0.4 is 14.8 Å². The highest BCUT2D eigenvalue weighted by Gasteiger charge is 2.25. The third kappa shape index (κ3) is 5.49. The van der Waals surface area contributed by atoms with Gasteiger partial charge in [0, 0.05) is 11.0 Å². The molecule has 0 unspecified atom stereocenters. The van der Waals surface area contributed by atoms with Crippen molar-refractivity contribution < 1.29 is 14.3 Å². The van der Waals surface area contributed by atoms with Crippen LogP contribution in [0.15, 0.2) is 53.0 Å². The molecule has 1 amide bonds. The molecular weight excluding hydrogens is 420 g/mol. The molecule has 0 radical (unpaired) electrons. The Kier molecular flexibility index (Phi) is 7.34. The summed E-state index contributed by atoms with van der Waals surface area (Å²) < 4.78 is 12.0. The van der Waals surface area contributed by atoms with Gasteiger partial charge in [-0.25, -0.2) is 0 Å². The molecule has 1 heterocycles. The molecule has 2 aromatic carbocycles. The molecule has 28 heavy (non-hydrogen) atoms. The van der Waals surface area contributed by atoms with E-state index in [2.05, 4.69) is 38.3 Å². The van der Waals surface area contributed by atoms with E-state index in [0.717, 1.165) is 23.3 Å². The second-order valence-electron chi connectivity index (χ2n) is 6.99. The maximum atomic E-state index is 12.6. The first-order valence-electron chi connectivity index (χ1n) is 9.65. The third-order valence-electron chi connectivity index (χ3n) is 5.05. The highest BCUT2D eigenvalue weighted by Crippen LogP contribution is 2.26. The highest BCUT2D eigenvalue weighted by molar-refractivity contribution is 9.10. The van der Waals surface area contributed by atoms with Gasteiger partial charge in [-0.1, -0.05) is 28.1 Å². The largest absolute Gasteiger partial charge is 0.497 e. The molecule has 1 saturated heterocycles. The van der Waals surface area contributed by atoms with E-state index in [4.69, 9.17) is 9.47 Å². The minimum absolute atomic E-state index is 0.111. The lowest BCUT2D eigenvalue weighted by molar-refractivity contribution is -0.127. The molecule has 6 heteroatoms. The highest BCUT2D eigenvalue weighted by atomic mass is 79.9. The molecular formula is C22H27BrN2O3. The number of carbonyl (C=O) groups excluding carboxylic acids is 1. The lowest BCUT2D eigenvalue weighted by Crippen LogP contribution is -2.42. The van der Waals surface area contributed by atoms with Crippen molar-refractivity contribution in [3.05, 3.63) is 58.6 Å². The Hall–Kier alpha value is -2.05. The third-order valence-corrected chi connectivity index (χ3v) is 5.58. The Labute approximate surface area is 175 Å². The molecule has 1 fully saturated rings. The molecule has 2 aromatic rings.